The second-order valence-electron chi connectivity index (χ2n) is 3.37. The molecule has 1 aromatic rings. The third-order valence-electron chi connectivity index (χ3n) is 2.45. The van der Waals surface area contributed by atoms with E-state index < -0.39 is 0 Å². The van der Waals surface area contributed by atoms with Crippen molar-refractivity contribution in [3.63, 3.8) is 0 Å². The van der Waals surface area contributed by atoms with Crippen molar-refractivity contribution >= 4 is 5.69 Å². The van der Waals surface area contributed by atoms with Gasteiger partial charge in [-0.3, -0.25) is 0 Å². The molecule has 14 heavy (non-hydrogen) atoms. The fourth-order valence-electron chi connectivity index (χ4n) is 1.62. The Morgan fingerprint density at radius 2 is 1.64 bits per heavy atom. The van der Waals surface area contributed by atoms with Crippen LogP contribution in [0.1, 0.15) is 19.4 Å². The molecule has 0 bridgehead atoms. The van der Waals surface area contributed by atoms with Crippen LogP contribution in [-0.4, -0.2) is 20.1 Å². The maximum Gasteiger partial charge on any atom is 0.0366 e. The highest BCUT2D eigenvalue weighted by Gasteiger charge is 2.00. The van der Waals surface area contributed by atoms with Crippen molar-refractivity contribution in [3.05, 3.63) is 29.8 Å². The molecule has 0 heterocycles. The van der Waals surface area contributed by atoms with Crippen molar-refractivity contribution in [2.24, 2.45) is 0 Å². The van der Waals surface area contributed by atoms with Crippen LogP contribution < -0.4 is 10.2 Å². The average molecular weight is 192 g/mol. The molecule has 0 fully saturated rings. The summed E-state index contributed by atoms with van der Waals surface area (Å²) in [5.41, 5.74) is 2.65. The largest absolute Gasteiger partial charge is 0.372 e. The van der Waals surface area contributed by atoms with Crippen molar-refractivity contribution in [1.29, 1.82) is 0 Å². The molecule has 0 saturated heterocycles. The fourth-order valence-corrected chi connectivity index (χ4v) is 1.62. The molecule has 1 rings (SSSR count). The van der Waals surface area contributed by atoms with Crippen LogP contribution in [0.2, 0.25) is 0 Å². The first-order chi connectivity index (χ1) is 6.81. The monoisotopic (exact) mass is 192 g/mol. The van der Waals surface area contributed by atoms with Crippen molar-refractivity contribution in [2.45, 2.75) is 20.4 Å². The van der Waals surface area contributed by atoms with Crippen LogP contribution in [0.4, 0.5) is 5.69 Å². The van der Waals surface area contributed by atoms with Crippen LogP contribution in [0.25, 0.3) is 0 Å². The summed E-state index contributed by atoms with van der Waals surface area (Å²) >= 11 is 0. The zero-order chi connectivity index (χ0) is 10.4. The van der Waals surface area contributed by atoms with Gasteiger partial charge in [0, 0.05) is 25.3 Å². The van der Waals surface area contributed by atoms with E-state index in [-0.39, 0.29) is 0 Å². The number of hydrogen-bond donors (Lipinski definition) is 1. The van der Waals surface area contributed by atoms with Crippen molar-refractivity contribution in [1.82, 2.24) is 5.32 Å². The molecule has 0 aliphatic heterocycles. The molecule has 1 N–H and O–H groups in total. The van der Waals surface area contributed by atoms with E-state index in [4.69, 9.17) is 0 Å². The Hall–Kier alpha value is -1.02. The molecule has 0 spiro atoms. The van der Waals surface area contributed by atoms with Gasteiger partial charge in [0.2, 0.25) is 0 Å². The fraction of sp³-hybridized carbons (Fsp3) is 0.500. The number of rotatable bonds is 5. The van der Waals surface area contributed by atoms with Crippen LogP contribution in [0, 0.1) is 0 Å². The number of nitrogens with zero attached hydrogens (tertiary/aromatic N) is 1. The lowest BCUT2D eigenvalue weighted by atomic mass is 10.2. The first kappa shape index (κ1) is 11.1. The number of benzene rings is 1. The summed E-state index contributed by atoms with van der Waals surface area (Å²) in [5.74, 6) is 0. The van der Waals surface area contributed by atoms with Gasteiger partial charge >= 0.3 is 0 Å². The van der Waals surface area contributed by atoms with Crippen LogP contribution in [0.5, 0.6) is 0 Å². The highest BCUT2D eigenvalue weighted by Crippen LogP contribution is 2.14. The molecular weight excluding hydrogens is 172 g/mol. The van der Waals surface area contributed by atoms with Gasteiger partial charge in [0.15, 0.2) is 0 Å². The highest BCUT2D eigenvalue weighted by molar-refractivity contribution is 5.47. The Bertz CT molecular complexity index is 250. The third kappa shape index (κ3) is 2.74. The van der Waals surface area contributed by atoms with Gasteiger partial charge in [0.25, 0.3) is 0 Å². The molecule has 2 heteroatoms. The van der Waals surface area contributed by atoms with Gasteiger partial charge in [-0.2, -0.15) is 0 Å². The smallest absolute Gasteiger partial charge is 0.0366 e. The van der Waals surface area contributed by atoms with E-state index in [0.717, 1.165) is 19.6 Å². The molecule has 0 amide bonds. The normalized spacial score (nSPS) is 10.2. The molecule has 0 atom stereocenters. The lowest BCUT2D eigenvalue weighted by Gasteiger charge is -2.21. The predicted octanol–water partition coefficient (Wildman–Crippen LogP) is 2.25. The van der Waals surface area contributed by atoms with Gasteiger partial charge in [0.05, 0.1) is 0 Å². The molecule has 0 saturated carbocycles. The summed E-state index contributed by atoms with van der Waals surface area (Å²) in [6, 6.07) is 8.76. The van der Waals surface area contributed by atoms with E-state index in [2.05, 4.69) is 48.3 Å². The van der Waals surface area contributed by atoms with Gasteiger partial charge in [0.1, 0.15) is 0 Å². The van der Waals surface area contributed by atoms with Gasteiger partial charge in [-0.1, -0.05) is 12.1 Å². The quantitative estimate of drug-likeness (QED) is 0.769. The Kier molecular flexibility index (Phi) is 4.47. The second kappa shape index (κ2) is 5.66. The Morgan fingerprint density at radius 3 is 2.07 bits per heavy atom. The van der Waals surface area contributed by atoms with Crippen LogP contribution in [-0.2, 0) is 6.54 Å². The molecule has 0 radical (unpaired) electrons. The van der Waals surface area contributed by atoms with Crippen LogP contribution in [0.3, 0.4) is 0 Å². The molecule has 0 unspecified atom stereocenters. The second-order valence-corrected chi connectivity index (χ2v) is 3.37. The summed E-state index contributed by atoms with van der Waals surface area (Å²) in [4.78, 5) is 2.35. The zero-order valence-electron chi connectivity index (χ0n) is 9.38. The molecule has 0 aliphatic rings. The van der Waals surface area contributed by atoms with E-state index in [1.165, 1.54) is 11.3 Å². The van der Waals surface area contributed by atoms with Gasteiger partial charge in [-0.25, -0.2) is 0 Å². The molecule has 78 valence electrons. The minimum Gasteiger partial charge on any atom is -0.372 e. The third-order valence-corrected chi connectivity index (χ3v) is 2.45. The standard InChI is InChI=1S/C12H20N2/c1-4-14(5-2)12-8-6-11(7-9-12)10-13-3/h6-9,13H,4-5,10H2,1-3H3. The molecule has 2 nitrogen and oxygen atoms in total. The Morgan fingerprint density at radius 1 is 1.07 bits per heavy atom. The lowest BCUT2D eigenvalue weighted by Crippen LogP contribution is -2.21. The lowest BCUT2D eigenvalue weighted by molar-refractivity contribution is 0.816. The minimum atomic E-state index is 0.943. The average Bonchev–Trinajstić information content (AvgIpc) is 2.23. The molecule has 0 aromatic heterocycles. The maximum absolute atomic E-state index is 3.15. The van der Waals surface area contributed by atoms with Crippen molar-refractivity contribution in [3.8, 4) is 0 Å². The maximum atomic E-state index is 3.15. The van der Waals surface area contributed by atoms with E-state index in [0.29, 0.717) is 0 Å². The number of nitrogens with one attached hydrogen (secondary N) is 1. The first-order valence-electron chi connectivity index (χ1n) is 5.30. The van der Waals surface area contributed by atoms with E-state index in [1.807, 2.05) is 7.05 Å². The van der Waals surface area contributed by atoms with E-state index in [9.17, 15) is 0 Å². The van der Waals surface area contributed by atoms with Crippen LogP contribution >= 0.6 is 0 Å². The highest BCUT2D eigenvalue weighted by atomic mass is 15.1. The van der Waals surface area contributed by atoms with Crippen molar-refractivity contribution < 1.29 is 0 Å². The Balaban J connectivity index is 2.71. The summed E-state index contributed by atoms with van der Waals surface area (Å²) in [5, 5.41) is 3.15. The van der Waals surface area contributed by atoms with E-state index >= 15 is 0 Å². The zero-order valence-corrected chi connectivity index (χ0v) is 9.38. The van der Waals surface area contributed by atoms with Gasteiger partial charge in [-0.05, 0) is 38.6 Å². The first-order valence-corrected chi connectivity index (χ1v) is 5.30. The topological polar surface area (TPSA) is 15.3 Å². The molecular formula is C12H20N2. The summed E-state index contributed by atoms with van der Waals surface area (Å²) in [7, 11) is 1.97. The van der Waals surface area contributed by atoms with Crippen LogP contribution in [0.15, 0.2) is 24.3 Å². The van der Waals surface area contributed by atoms with Crippen molar-refractivity contribution in [2.75, 3.05) is 25.0 Å². The Labute approximate surface area is 86.9 Å². The summed E-state index contributed by atoms with van der Waals surface area (Å²) in [6.45, 7) is 7.46. The summed E-state index contributed by atoms with van der Waals surface area (Å²) < 4.78 is 0. The molecule has 0 aliphatic carbocycles. The van der Waals surface area contributed by atoms with Gasteiger partial charge < -0.3 is 10.2 Å². The SMILES string of the molecule is CCN(CC)c1ccc(CNC)cc1. The predicted molar refractivity (Wildman–Crippen MR) is 62.8 cm³/mol. The number of hydrogen-bond acceptors (Lipinski definition) is 2. The number of anilines is 1. The summed E-state index contributed by atoms with van der Waals surface area (Å²) in [6.07, 6.45) is 0. The minimum absolute atomic E-state index is 0.943. The van der Waals surface area contributed by atoms with Gasteiger partial charge in [-0.15, -0.1) is 0 Å². The molecule has 1 aromatic carbocycles. The van der Waals surface area contributed by atoms with E-state index in [1.54, 1.807) is 0 Å².